The van der Waals surface area contributed by atoms with E-state index in [1.54, 1.807) is 30.3 Å². The average molecular weight is 279 g/mol. The lowest BCUT2D eigenvalue weighted by Gasteiger charge is -2.03. The highest BCUT2D eigenvalue weighted by Gasteiger charge is 2.01. The van der Waals surface area contributed by atoms with Gasteiger partial charge in [-0.25, -0.2) is 4.79 Å². The number of allylic oxidation sites excluding steroid dienone is 1. The molecule has 104 valence electrons. The summed E-state index contributed by atoms with van der Waals surface area (Å²) in [4.78, 5) is 10.4. The summed E-state index contributed by atoms with van der Waals surface area (Å²) < 4.78 is 5.05. The van der Waals surface area contributed by atoms with E-state index < -0.39 is 5.97 Å². The first-order valence-corrected chi connectivity index (χ1v) is 6.31. The maximum atomic E-state index is 10.4. The van der Waals surface area contributed by atoms with Crippen molar-refractivity contribution < 1.29 is 14.6 Å². The summed E-state index contributed by atoms with van der Waals surface area (Å²) in [5, 5.41) is 17.8. The Kier molecular flexibility index (Phi) is 4.73. The van der Waals surface area contributed by atoms with Crippen LogP contribution in [-0.2, 0) is 4.79 Å². The zero-order valence-corrected chi connectivity index (χ0v) is 11.2. The molecular weight excluding hydrogens is 266 g/mol. The molecule has 4 heteroatoms. The van der Waals surface area contributed by atoms with Crippen LogP contribution in [0.1, 0.15) is 11.1 Å². The van der Waals surface area contributed by atoms with Gasteiger partial charge in [-0.1, -0.05) is 42.5 Å². The minimum atomic E-state index is -1.02. The predicted molar refractivity (Wildman–Crippen MR) is 79.5 cm³/mol. The number of benzene rings is 2. The van der Waals surface area contributed by atoms with Crippen molar-refractivity contribution >= 4 is 17.6 Å². The van der Waals surface area contributed by atoms with Gasteiger partial charge in [-0.2, -0.15) is 5.26 Å². The lowest BCUT2D eigenvalue weighted by Crippen LogP contribution is -2.09. The number of aliphatic carboxylic acids is 1. The van der Waals surface area contributed by atoms with E-state index in [0.29, 0.717) is 11.3 Å². The number of ether oxygens (including phenoxy) is 1. The second kappa shape index (κ2) is 6.92. The van der Waals surface area contributed by atoms with Gasteiger partial charge in [-0.3, -0.25) is 0 Å². The molecule has 0 aliphatic carbocycles. The first kappa shape index (κ1) is 14.4. The molecule has 0 saturated heterocycles. The van der Waals surface area contributed by atoms with Crippen LogP contribution in [0.4, 0.5) is 0 Å². The summed E-state index contributed by atoms with van der Waals surface area (Å²) in [5.74, 6) is -0.539. The van der Waals surface area contributed by atoms with Gasteiger partial charge in [-0.05, 0) is 29.3 Å². The monoisotopic (exact) mass is 279 g/mol. The van der Waals surface area contributed by atoms with Crippen LogP contribution < -0.4 is 4.74 Å². The predicted octanol–water partition coefficient (Wildman–Crippen LogP) is 3.21. The molecule has 2 aromatic rings. The van der Waals surface area contributed by atoms with Crippen LogP contribution >= 0.6 is 0 Å². The van der Waals surface area contributed by atoms with Crippen molar-refractivity contribution in [1.82, 2.24) is 0 Å². The Morgan fingerprint density at radius 1 is 1.14 bits per heavy atom. The standard InChI is InChI=1S/C17H13NO3/c18-11-15(14-4-2-1-3-5-14)10-13-6-8-16(9-7-13)21-12-17(19)20/h1-10H,12H2,(H,19,20)/b15-10+. The van der Waals surface area contributed by atoms with Crippen LogP contribution in [0.2, 0.25) is 0 Å². The minimum absolute atomic E-state index is 0.372. The number of nitriles is 1. The van der Waals surface area contributed by atoms with Crippen LogP contribution in [0.25, 0.3) is 11.6 Å². The Morgan fingerprint density at radius 2 is 1.81 bits per heavy atom. The topological polar surface area (TPSA) is 70.3 Å². The van der Waals surface area contributed by atoms with E-state index in [2.05, 4.69) is 6.07 Å². The van der Waals surface area contributed by atoms with Gasteiger partial charge in [-0.15, -0.1) is 0 Å². The molecule has 0 aliphatic heterocycles. The fourth-order valence-corrected chi connectivity index (χ4v) is 1.77. The van der Waals surface area contributed by atoms with Gasteiger partial charge in [0, 0.05) is 0 Å². The van der Waals surface area contributed by atoms with Gasteiger partial charge in [0.2, 0.25) is 0 Å². The van der Waals surface area contributed by atoms with Crippen molar-refractivity contribution in [3.05, 3.63) is 65.7 Å². The maximum absolute atomic E-state index is 10.4. The lowest BCUT2D eigenvalue weighted by atomic mass is 10.0. The van der Waals surface area contributed by atoms with Gasteiger partial charge >= 0.3 is 5.97 Å². The summed E-state index contributed by atoms with van der Waals surface area (Å²) in [5.41, 5.74) is 2.26. The van der Waals surface area contributed by atoms with Crippen LogP contribution in [0, 0.1) is 11.3 Å². The van der Waals surface area contributed by atoms with Gasteiger partial charge in [0.25, 0.3) is 0 Å². The summed E-state index contributed by atoms with van der Waals surface area (Å²) in [6, 6.07) is 18.5. The van der Waals surface area contributed by atoms with Crippen LogP contribution in [0.5, 0.6) is 5.75 Å². The summed E-state index contributed by atoms with van der Waals surface area (Å²) >= 11 is 0. The summed E-state index contributed by atoms with van der Waals surface area (Å²) in [6.07, 6.45) is 1.77. The van der Waals surface area contributed by atoms with E-state index in [-0.39, 0.29) is 6.61 Å². The van der Waals surface area contributed by atoms with E-state index in [9.17, 15) is 10.1 Å². The third kappa shape index (κ3) is 4.22. The number of carboxylic acids is 1. The SMILES string of the molecule is N#C/C(=C\c1ccc(OCC(=O)O)cc1)c1ccccc1. The Hall–Kier alpha value is -3.06. The molecule has 0 aliphatic rings. The van der Waals surface area contributed by atoms with E-state index in [0.717, 1.165) is 11.1 Å². The van der Waals surface area contributed by atoms with E-state index in [1.165, 1.54) is 0 Å². The molecule has 1 N–H and O–H groups in total. The Bertz CT molecular complexity index is 682. The van der Waals surface area contributed by atoms with Crippen LogP contribution in [0.15, 0.2) is 54.6 Å². The van der Waals surface area contributed by atoms with Gasteiger partial charge in [0.15, 0.2) is 6.61 Å². The fourth-order valence-electron chi connectivity index (χ4n) is 1.77. The largest absolute Gasteiger partial charge is 0.482 e. The Labute approximate surface area is 122 Å². The molecule has 0 radical (unpaired) electrons. The molecule has 0 atom stereocenters. The van der Waals surface area contributed by atoms with Crippen LogP contribution in [0.3, 0.4) is 0 Å². The highest BCUT2D eigenvalue weighted by molar-refractivity contribution is 5.89. The number of carboxylic acid groups (broad SMARTS) is 1. The molecule has 0 saturated carbocycles. The second-order valence-electron chi connectivity index (χ2n) is 4.29. The van der Waals surface area contributed by atoms with E-state index in [1.807, 2.05) is 30.3 Å². The first-order valence-electron chi connectivity index (χ1n) is 6.31. The van der Waals surface area contributed by atoms with Gasteiger partial charge < -0.3 is 9.84 Å². The zero-order chi connectivity index (χ0) is 15.1. The van der Waals surface area contributed by atoms with Crippen molar-refractivity contribution in [3.63, 3.8) is 0 Å². The third-order valence-corrected chi connectivity index (χ3v) is 2.76. The van der Waals surface area contributed by atoms with E-state index in [4.69, 9.17) is 9.84 Å². The molecular formula is C17H13NO3. The average Bonchev–Trinajstić information content (AvgIpc) is 2.52. The number of hydrogen-bond acceptors (Lipinski definition) is 3. The molecule has 21 heavy (non-hydrogen) atoms. The molecule has 4 nitrogen and oxygen atoms in total. The summed E-state index contributed by atoms with van der Waals surface area (Å²) in [7, 11) is 0. The second-order valence-corrected chi connectivity index (χ2v) is 4.29. The normalized spacial score (nSPS) is 10.7. The van der Waals surface area contributed by atoms with Crippen molar-refractivity contribution in [2.45, 2.75) is 0 Å². The van der Waals surface area contributed by atoms with Crippen molar-refractivity contribution in [2.75, 3.05) is 6.61 Å². The fraction of sp³-hybridized carbons (Fsp3) is 0.0588. The Balaban J connectivity index is 2.16. The molecule has 2 aromatic carbocycles. The molecule has 0 spiro atoms. The van der Waals surface area contributed by atoms with Crippen molar-refractivity contribution in [2.24, 2.45) is 0 Å². The van der Waals surface area contributed by atoms with E-state index >= 15 is 0 Å². The number of carbonyl (C=O) groups is 1. The number of nitrogens with zero attached hydrogens (tertiary/aromatic N) is 1. The third-order valence-electron chi connectivity index (χ3n) is 2.76. The van der Waals surface area contributed by atoms with Gasteiger partial charge in [0.05, 0.1) is 11.6 Å². The number of hydrogen-bond donors (Lipinski definition) is 1. The zero-order valence-electron chi connectivity index (χ0n) is 11.2. The molecule has 0 unspecified atom stereocenters. The van der Waals surface area contributed by atoms with Gasteiger partial charge in [0.1, 0.15) is 5.75 Å². The first-order chi connectivity index (χ1) is 10.2. The molecule has 0 bridgehead atoms. The highest BCUT2D eigenvalue weighted by atomic mass is 16.5. The molecule has 0 aromatic heterocycles. The van der Waals surface area contributed by atoms with Crippen molar-refractivity contribution in [1.29, 1.82) is 5.26 Å². The Morgan fingerprint density at radius 3 is 2.38 bits per heavy atom. The smallest absolute Gasteiger partial charge is 0.341 e. The molecule has 2 rings (SSSR count). The number of rotatable bonds is 5. The van der Waals surface area contributed by atoms with Crippen molar-refractivity contribution in [3.8, 4) is 11.8 Å². The maximum Gasteiger partial charge on any atom is 0.341 e. The highest BCUT2D eigenvalue weighted by Crippen LogP contribution is 2.19. The summed E-state index contributed by atoms with van der Waals surface area (Å²) in [6.45, 7) is -0.372. The van der Waals surface area contributed by atoms with Crippen LogP contribution in [-0.4, -0.2) is 17.7 Å². The molecule has 0 amide bonds. The molecule has 0 fully saturated rings. The molecule has 0 heterocycles. The lowest BCUT2D eigenvalue weighted by molar-refractivity contribution is -0.139. The minimum Gasteiger partial charge on any atom is -0.482 e. The quantitative estimate of drug-likeness (QED) is 0.674.